The van der Waals surface area contributed by atoms with Crippen molar-refractivity contribution in [3.05, 3.63) is 35.4 Å². The van der Waals surface area contributed by atoms with E-state index in [4.69, 9.17) is 0 Å². The van der Waals surface area contributed by atoms with Crippen molar-refractivity contribution < 1.29 is 18.3 Å². The zero-order chi connectivity index (χ0) is 13.4. The molecule has 0 spiro atoms. The largest absolute Gasteiger partial charge is 0.416 e. The highest BCUT2D eigenvalue weighted by Crippen LogP contribution is 2.42. The van der Waals surface area contributed by atoms with Crippen LogP contribution in [0.1, 0.15) is 43.7 Å². The third-order valence-corrected chi connectivity index (χ3v) is 3.95. The molecule has 1 aromatic carbocycles. The standard InChI is InChI=1S/C14H17F3O/c1-10-5-2-3-8-13(10,18)11-6-4-7-12(9-11)14(15,16)17/h4,6-7,9-10,18H,2-3,5,8H2,1H3. The number of hydrogen-bond donors (Lipinski definition) is 1. The van der Waals surface area contributed by atoms with Gasteiger partial charge in [-0.15, -0.1) is 0 Å². The van der Waals surface area contributed by atoms with Crippen molar-refractivity contribution in [1.82, 2.24) is 0 Å². The van der Waals surface area contributed by atoms with E-state index in [9.17, 15) is 18.3 Å². The van der Waals surface area contributed by atoms with Crippen LogP contribution < -0.4 is 0 Å². The second-order valence-corrected chi connectivity index (χ2v) is 5.15. The SMILES string of the molecule is CC1CCCCC1(O)c1cccc(C(F)(F)F)c1. The van der Waals surface area contributed by atoms with Crippen LogP contribution in [-0.2, 0) is 11.8 Å². The predicted octanol–water partition coefficient (Wildman–Crippen LogP) is 4.10. The molecule has 1 nitrogen and oxygen atoms in total. The number of halogens is 3. The summed E-state index contributed by atoms with van der Waals surface area (Å²) < 4.78 is 38.0. The van der Waals surface area contributed by atoms with Crippen LogP contribution in [0.4, 0.5) is 13.2 Å². The molecular weight excluding hydrogens is 241 g/mol. The molecule has 0 amide bonds. The lowest BCUT2D eigenvalue weighted by Gasteiger charge is -2.38. The average Bonchev–Trinajstić information content (AvgIpc) is 2.32. The van der Waals surface area contributed by atoms with Gasteiger partial charge in [-0.05, 0) is 36.5 Å². The van der Waals surface area contributed by atoms with E-state index in [2.05, 4.69) is 0 Å². The lowest BCUT2D eigenvalue weighted by atomic mass is 9.72. The third-order valence-electron chi connectivity index (χ3n) is 3.95. The number of rotatable bonds is 1. The smallest absolute Gasteiger partial charge is 0.385 e. The summed E-state index contributed by atoms with van der Waals surface area (Å²) in [5.41, 5.74) is -1.41. The van der Waals surface area contributed by atoms with Gasteiger partial charge < -0.3 is 5.11 Å². The van der Waals surface area contributed by atoms with Gasteiger partial charge >= 0.3 is 6.18 Å². The molecular formula is C14H17F3O. The highest BCUT2D eigenvalue weighted by molar-refractivity contribution is 5.30. The van der Waals surface area contributed by atoms with E-state index < -0.39 is 17.3 Å². The van der Waals surface area contributed by atoms with E-state index in [1.165, 1.54) is 6.07 Å². The minimum Gasteiger partial charge on any atom is -0.385 e. The molecule has 0 bridgehead atoms. The molecule has 2 atom stereocenters. The van der Waals surface area contributed by atoms with Gasteiger partial charge in [0, 0.05) is 0 Å². The third kappa shape index (κ3) is 2.39. The maximum absolute atomic E-state index is 12.7. The van der Waals surface area contributed by atoms with Gasteiger partial charge in [0.15, 0.2) is 0 Å². The normalized spacial score (nSPS) is 29.3. The Bertz CT molecular complexity index is 427. The zero-order valence-corrected chi connectivity index (χ0v) is 10.3. The lowest BCUT2D eigenvalue weighted by molar-refractivity contribution is -0.137. The first-order chi connectivity index (χ1) is 8.34. The molecule has 1 aromatic rings. The van der Waals surface area contributed by atoms with Gasteiger partial charge in [-0.3, -0.25) is 0 Å². The topological polar surface area (TPSA) is 20.2 Å². The Morgan fingerprint density at radius 1 is 1.28 bits per heavy atom. The van der Waals surface area contributed by atoms with Gasteiger partial charge in [0.05, 0.1) is 11.2 Å². The van der Waals surface area contributed by atoms with Crippen LogP contribution in [-0.4, -0.2) is 5.11 Å². The Morgan fingerprint density at radius 3 is 2.61 bits per heavy atom. The Morgan fingerprint density at radius 2 is 2.00 bits per heavy atom. The van der Waals surface area contributed by atoms with Crippen LogP contribution in [0.3, 0.4) is 0 Å². The fourth-order valence-corrected chi connectivity index (χ4v) is 2.72. The Hall–Kier alpha value is -1.03. The molecule has 2 rings (SSSR count). The van der Waals surface area contributed by atoms with Crippen LogP contribution in [0.5, 0.6) is 0 Å². The first-order valence-electron chi connectivity index (χ1n) is 6.24. The fraction of sp³-hybridized carbons (Fsp3) is 0.571. The van der Waals surface area contributed by atoms with Gasteiger partial charge in [-0.25, -0.2) is 0 Å². The van der Waals surface area contributed by atoms with E-state index in [0.29, 0.717) is 12.0 Å². The second-order valence-electron chi connectivity index (χ2n) is 5.15. The Labute approximate surface area is 105 Å². The molecule has 18 heavy (non-hydrogen) atoms. The van der Waals surface area contributed by atoms with Crippen molar-refractivity contribution in [2.45, 2.75) is 44.4 Å². The number of hydrogen-bond acceptors (Lipinski definition) is 1. The first-order valence-corrected chi connectivity index (χ1v) is 6.24. The summed E-state index contributed by atoms with van der Waals surface area (Å²) in [4.78, 5) is 0. The summed E-state index contributed by atoms with van der Waals surface area (Å²) in [5.74, 6) is -0.00488. The van der Waals surface area contributed by atoms with E-state index in [1.54, 1.807) is 6.07 Å². The van der Waals surface area contributed by atoms with Crippen molar-refractivity contribution in [2.24, 2.45) is 5.92 Å². The fourth-order valence-electron chi connectivity index (χ4n) is 2.72. The molecule has 100 valence electrons. The number of alkyl halides is 3. The van der Waals surface area contributed by atoms with E-state index in [1.807, 2.05) is 6.92 Å². The van der Waals surface area contributed by atoms with Crippen molar-refractivity contribution in [3.63, 3.8) is 0 Å². The highest BCUT2D eigenvalue weighted by atomic mass is 19.4. The number of aliphatic hydroxyl groups is 1. The molecule has 0 heterocycles. The van der Waals surface area contributed by atoms with Crippen molar-refractivity contribution in [3.8, 4) is 0 Å². The molecule has 1 aliphatic rings. The first kappa shape index (κ1) is 13.4. The van der Waals surface area contributed by atoms with E-state index in [0.717, 1.165) is 31.4 Å². The molecule has 2 unspecified atom stereocenters. The number of benzene rings is 1. The summed E-state index contributed by atoms with van der Waals surface area (Å²) in [7, 11) is 0. The van der Waals surface area contributed by atoms with Gasteiger partial charge in [-0.2, -0.15) is 13.2 Å². The molecule has 4 heteroatoms. The highest BCUT2D eigenvalue weighted by Gasteiger charge is 2.39. The zero-order valence-electron chi connectivity index (χ0n) is 10.3. The predicted molar refractivity (Wildman–Crippen MR) is 63.0 cm³/mol. The summed E-state index contributed by atoms with van der Waals surface area (Å²) in [5, 5.41) is 10.6. The second kappa shape index (κ2) is 4.57. The molecule has 1 saturated carbocycles. The van der Waals surface area contributed by atoms with Gasteiger partial charge in [0.2, 0.25) is 0 Å². The quantitative estimate of drug-likeness (QED) is 0.804. The van der Waals surface area contributed by atoms with Crippen LogP contribution in [0.15, 0.2) is 24.3 Å². The molecule has 1 fully saturated rings. The van der Waals surface area contributed by atoms with Gasteiger partial charge in [-0.1, -0.05) is 31.9 Å². The van der Waals surface area contributed by atoms with Gasteiger partial charge in [0.25, 0.3) is 0 Å². The summed E-state index contributed by atoms with van der Waals surface area (Å²) >= 11 is 0. The molecule has 0 aromatic heterocycles. The van der Waals surface area contributed by atoms with Crippen molar-refractivity contribution in [1.29, 1.82) is 0 Å². The summed E-state index contributed by atoms with van der Waals surface area (Å²) in [6, 6.07) is 5.09. The molecule has 0 saturated heterocycles. The van der Waals surface area contributed by atoms with Crippen LogP contribution in [0, 0.1) is 5.92 Å². The molecule has 1 aliphatic carbocycles. The Balaban J connectivity index is 2.38. The van der Waals surface area contributed by atoms with E-state index in [-0.39, 0.29) is 5.92 Å². The molecule has 0 radical (unpaired) electrons. The van der Waals surface area contributed by atoms with Gasteiger partial charge in [0.1, 0.15) is 0 Å². The lowest BCUT2D eigenvalue weighted by Crippen LogP contribution is -2.36. The molecule has 0 aliphatic heterocycles. The molecule has 1 N–H and O–H groups in total. The minimum absolute atomic E-state index is 0.00488. The van der Waals surface area contributed by atoms with Crippen LogP contribution in [0.25, 0.3) is 0 Å². The van der Waals surface area contributed by atoms with Crippen molar-refractivity contribution in [2.75, 3.05) is 0 Å². The van der Waals surface area contributed by atoms with Crippen LogP contribution >= 0.6 is 0 Å². The van der Waals surface area contributed by atoms with Crippen LogP contribution in [0.2, 0.25) is 0 Å². The average molecular weight is 258 g/mol. The maximum Gasteiger partial charge on any atom is 0.416 e. The minimum atomic E-state index is -4.36. The Kier molecular flexibility index (Phi) is 3.41. The summed E-state index contributed by atoms with van der Waals surface area (Å²) in [6.07, 6.45) is -1.08. The van der Waals surface area contributed by atoms with E-state index >= 15 is 0 Å². The maximum atomic E-state index is 12.7. The van der Waals surface area contributed by atoms with Crippen molar-refractivity contribution >= 4 is 0 Å². The summed E-state index contributed by atoms with van der Waals surface area (Å²) in [6.45, 7) is 1.90. The monoisotopic (exact) mass is 258 g/mol.